The summed E-state index contributed by atoms with van der Waals surface area (Å²) >= 11 is 1.39. The van der Waals surface area contributed by atoms with Gasteiger partial charge in [0.1, 0.15) is 34.7 Å². The highest BCUT2D eigenvalue weighted by Gasteiger charge is 2.55. The number of allylic oxidation sites excluding steroid dienone is 2. The van der Waals surface area contributed by atoms with Crippen molar-refractivity contribution in [1.29, 1.82) is 0 Å². The van der Waals surface area contributed by atoms with Gasteiger partial charge in [-0.2, -0.15) is 0 Å². The topological polar surface area (TPSA) is 220 Å². The van der Waals surface area contributed by atoms with Gasteiger partial charge in [0.2, 0.25) is 11.8 Å². The number of carbonyl (C=O) groups is 5. The second-order valence-corrected chi connectivity index (χ2v) is 10.4. The number of carboxylic acids is 2. The zero-order chi connectivity index (χ0) is 30.0. The highest BCUT2D eigenvalue weighted by Crippen LogP contribution is 2.41. The molecular weight excluding hydrogens is 560 g/mol. The smallest absolute Gasteiger partial charge is 0.352 e. The third kappa shape index (κ3) is 5.64. The van der Waals surface area contributed by atoms with Gasteiger partial charge >= 0.3 is 11.9 Å². The number of aliphatic hydroxyl groups is 1. The number of β-lactam (4-membered cyclic amide) rings is 2. The Morgan fingerprint density at radius 2 is 1.90 bits per heavy atom. The molecule has 0 unspecified atom stereocenters. The molecule has 5 atom stereocenters. The van der Waals surface area contributed by atoms with Crippen molar-refractivity contribution in [2.45, 2.75) is 43.1 Å². The van der Waals surface area contributed by atoms with Crippen molar-refractivity contribution in [3.63, 3.8) is 0 Å². The molecule has 3 fully saturated rings. The predicted molar refractivity (Wildman–Crippen MR) is 142 cm³/mol. The van der Waals surface area contributed by atoms with Gasteiger partial charge in [-0.1, -0.05) is 24.3 Å². The predicted octanol–water partition coefficient (Wildman–Crippen LogP) is -0.389. The fourth-order valence-electron chi connectivity index (χ4n) is 4.71. The highest BCUT2D eigenvalue weighted by molar-refractivity contribution is 8.00. The number of carboxylic acid groups (broad SMARTS) is 2. The zero-order valence-electron chi connectivity index (χ0n) is 21.7. The van der Waals surface area contributed by atoms with E-state index in [0.29, 0.717) is 16.9 Å². The first kappa shape index (κ1) is 29.6. The lowest BCUT2D eigenvalue weighted by atomic mass is 10.0. The number of nitrogens with two attached hydrogens (primary N) is 1. The molecule has 1 aromatic rings. The minimum atomic E-state index is -1.17. The van der Waals surface area contributed by atoms with Crippen molar-refractivity contribution >= 4 is 41.4 Å². The Labute approximate surface area is 237 Å². The van der Waals surface area contributed by atoms with E-state index in [1.165, 1.54) is 51.9 Å². The summed E-state index contributed by atoms with van der Waals surface area (Å²) in [5.41, 5.74) is 6.93. The van der Waals surface area contributed by atoms with Crippen LogP contribution in [0.4, 0.5) is 0 Å². The second-order valence-electron chi connectivity index (χ2n) is 9.25. The van der Waals surface area contributed by atoms with E-state index in [1.54, 1.807) is 19.1 Å². The molecule has 41 heavy (non-hydrogen) atoms. The average Bonchev–Trinajstić information content (AvgIpc) is 3.23. The van der Waals surface area contributed by atoms with Crippen LogP contribution in [0, 0.1) is 0 Å². The maximum Gasteiger partial charge on any atom is 0.352 e. The van der Waals surface area contributed by atoms with Crippen molar-refractivity contribution < 1.29 is 49.1 Å². The van der Waals surface area contributed by atoms with E-state index >= 15 is 0 Å². The van der Waals surface area contributed by atoms with Gasteiger partial charge in [-0.15, -0.1) is 11.8 Å². The number of thioether (sulfide) groups is 1. The van der Waals surface area contributed by atoms with E-state index in [2.05, 4.69) is 5.32 Å². The molecular formula is C26H28N4O10S. The SMILES string of the molecule is C/C=C\C1=C(C(=O)O)N2C(=O)[C@@H](NC(=O)[C@H](N)c3ccc(O)cc3)[C@H]2SC1.O=C(O)[C@H]1/C(=C/CO)O[C@@H]2CC(=O)N21. The number of hydrogen-bond donors (Lipinski definition) is 6. The molecule has 0 spiro atoms. The number of aliphatic carboxylic acids is 2. The summed E-state index contributed by atoms with van der Waals surface area (Å²) in [5.74, 6) is -2.93. The first-order chi connectivity index (χ1) is 19.5. The lowest BCUT2D eigenvalue weighted by Crippen LogP contribution is -2.71. The van der Waals surface area contributed by atoms with E-state index in [4.69, 9.17) is 20.7 Å². The molecule has 7 N–H and O–H groups in total. The van der Waals surface area contributed by atoms with Crippen molar-refractivity contribution in [3.8, 4) is 5.75 Å². The molecule has 3 saturated heterocycles. The summed E-state index contributed by atoms with van der Waals surface area (Å²) in [6, 6.07) is 3.00. The molecule has 0 saturated carbocycles. The van der Waals surface area contributed by atoms with Crippen LogP contribution in [0.3, 0.4) is 0 Å². The Kier molecular flexibility index (Phi) is 8.70. The molecule has 15 heteroatoms. The lowest BCUT2D eigenvalue weighted by Gasteiger charge is -2.49. The third-order valence-corrected chi connectivity index (χ3v) is 8.00. The standard InChI is InChI=1S/C18H19N3O5S.C8H9NO5/c1-2-3-10-8-27-17-13(16(24)21(17)14(10)18(25)26)20-15(23)12(19)9-4-6-11(22)7-5-9;10-2-1-4-7(8(12)13)9-5(11)3-6(9)14-4/h2-7,12-13,17,22H,8,19H2,1H3,(H,20,23)(H,25,26);1,6-7,10H,2-3H2,(H,12,13)/b3-2-;4-1-/t12-,13-,17-;6-,7-/m11/s1. The van der Waals surface area contributed by atoms with E-state index < -0.39 is 53.5 Å². The van der Waals surface area contributed by atoms with Crippen LogP contribution < -0.4 is 11.1 Å². The molecule has 0 aromatic heterocycles. The normalized spacial score (nSPS) is 26.3. The van der Waals surface area contributed by atoms with Gasteiger partial charge < -0.3 is 36.2 Å². The molecule has 5 rings (SSSR count). The fourth-order valence-corrected chi connectivity index (χ4v) is 6.03. The van der Waals surface area contributed by atoms with Crippen LogP contribution in [0.15, 0.2) is 59.5 Å². The van der Waals surface area contributed by atoms with Crippen LogP contribution in [-0.4, -0.2) is 95.9 Å². The van der Waals surface area contributed by atoms with E-state index in [1.807, 2.05) is 0 Å². The summed E-state index contributed by atoms with van der Waals surface area (Å²) in [6.07, 6.45) is 4.42. The summed E-state index contributed by atoms with van der Waals surface area (Å²) in [5, 5.41) is 38.4. The van der Waals surface area contributed by atoms with Crippen LogP contribution in [0.5, 0.6) is 5.75 Å². The molecule has 0 aliphatic carbocycles. The minimum Gasteiger partial charge on any atom is -0.508 e. The molecule has 4 aliphatic heterocycles. The molecule has 218 valence electrons. The number of fused-ring (bicyclic) bond motifs is 2. The third-order valence-electron chi connectivity index (χ3n) is 6.69. The second kappa shape index (κ2) is 12.0. The Morgan fingerprint density at radius 1 is 1.22 bits per heavy atom. The summed E-state index contributed by atoms with van der Waals surface area (Å²) in [6.45, 7) is 1.47. The largest absolute Gasteiger partial charge is 0.508 e. The van der Waals surface area contributed by atoms with Crippen molar-refractivity contribution in [3.05, 3.63) is 65.1 Å². The van der Waals surface area contributed by atoms with Gasteiger partial charge in [0, 0.05) is 5.75 Å². The Morgan fingerprint density at radius 3 is 2.46 bits per heavy atom. The van der Waals surface area contributed by atoms with Gasteiger partial charge in [-0.3, -0.25) is 24.2 Å². The number of ether oxygens (including phenoxy) is 1. The van der Waals surface area contributed by atoms with Crippen molar-refractivity contribution in [1.82, 2.24) is 15.1 Å². The van der Waals surface area contributed by atoms with Crippen molar-refractivity contribution in [2.75, 3.05) is 12.4 Å². The van der Waals surface area contributed by atoms with Crippen molar-refractivity contribution in [2.24, 2.45) is 5.73 Å². The first-order valence-corrected chi connectivity index (χ1v) is 13.4. The number of nitrogens with one attached hydrogen (secondary N) is 1. The number of aliphatic hydroxyl groups excluding tert-OH is 1. The molecule has 4 heterocycles. The number of phenolic OH excluding ortho intramolecular Hbond substituents is 1. The van der Waals surface area contributed by atoms with Crippen LogP contribution in [-0.2, 0) is 28.7 Å². The fraction of sp³-hybridized carbons (Fsp3) is 0.346. The van der Waals surface area contributed by atoms with Crippen LogP contribution in [0.1, 0.15) is 24.9 Å². The number of hydrogen-bond acceptors (Lipinski definition) is 10. The average molecular weight is 589 g/mol. The summed E-state index contributed by atoms with van der Waals surface area (Å²) in [7, 11) is 0. The van der Waals surface area contributed by atoms with Gasteiger partial charge in [0.25, 0.3) is 5.91 Å². The maximum absolute atomic E-state index is 12.5. The molecule has 3 amide bonds. The molecule has 4 aliphatic rings. The molecule has 14 nitrogen and oxygen atoms in total. The molecule has 0 radical (unpaired) electrons. The monoisotopic (exact) mass is 588 g/mol. The summed E-state index contributed by atoms with van der Waals surface area (Å²) < 4.78 is 5.17. The first-order valence-electron chi connectivity index (χ1n) is 12.4. The number of benzene rings is 1. The number of aromatic hydroxyl groups is 1. The highest BCUT2D eigenvalue weighted by atomic mass is 32.2. The number of carbonyl (C=O) groups excluding carboxylic acids is 3. The van der Waals surface area contributed by atoms with Crippen LogP contribution in [0.25, 0.3) is 0 Å². The van der Waals surface area contributed by atoms with E-state index in [0.717, 1.165) is 0 Å². The molecule has 0 bridgehead atoms. The Bertz CT molecular complexity index is 1360. The number of phenols is 1. The van der Waals surface area contributed by atoms with Gasteiger partial charge in [-0.05, 0) is 36.3 Å². The van der Waals surface area contributed by atoms with Crippen LogP contribution in [0.2, 0.25) is 0 Å². The van der Waals surface area contributed by atoms with Crippen LogP contribution >= 0.6 is 11.8 Å². The van der Waals surface area contributed by atoms with Gasteiger partial charge in [0.05, 0.1) is 13.0 Å². The maximum atomic E-state index is 12.5. The van der Waals surface area contributed by atoms with Gasteiger partial charge in [0.15, 0.2) is 12.3 Å². The van der Waals surface area contributed by atoms with E-state index in [9.17, 15) is 34.2 Å². The van der Waals surface area contributed by atoms with Gasteiger partial charge in [-0.25, -0.2) is 9.59 Å². The quantitative estimate of drug-likeness (QED) is 0.224. The number of amides is 3. The Hall–Kier alpha value is -4.34. The zero-order valence-corrected chi connectivity index (χ0v) is 22.5. The number of nitrogens with zero attached hydrogens (tertiary/aromatic N) is 2. The number of rotatable bonds is 7. The molecule has 1 aromatic carbocycles. The van der Waals surface area contributed by atoms with E-state index in [-0.39, 0.29) is 36.1 Å². The summed E-state index contributed by atoms with van der Waals surface area (Å²) in [4.78, 5) is 60.8. The lowest BCUT2D eigenvalue weighted by molar-refractivity contribution is -0.163. The minimum absolute atomic E-state index is 0.0461. The Balaban J connectivity index is 0.000000231.